The minimum Gasteiger partial charge on any atom is -0.342 e. The summed E-state index contributed by atoms with van der Waals surface area (Å²) in [6.07, 6.45) is 4.77. The molecular formula is C23H35N3O2. The molecule has 28 heavy (non-hydrogen) atoms. The maximum Gasteiger partial charge on any atom is 0.254 e. The lowest BCUT2D eigenvalue weighted by atomic mass is 9.94. The number of likely N-dealkylation sites (N-methyl/N-ethyl adjacent to an activating group) is 1. The Labute approximate surface area is 169 Å². The monoisotopic (exact) mass is 385 g/mol. The number of piperazine rings is 1. The number of aryl methyl sites for hydroxylation is 1. The molecule has 2 fully saturated rings. The Balaban J connectivity index is 1.69. The molecule has 1 saturated carbocycles. The second kappa shape index (κ2) is 9.55. The van der Waals surface area contributed by atoms with Crippen LogP contribution in [0.15, 0.2) is 24.3 Å². The average Bonchev–Trinajstić information content (AvgIpc) is 3.24. The van der Waals surface area contributed by atoms with Gasteiger partial charge in [-0.1, -0.05) is 31.0 Å². The van der Waals surface area contributed by atoms with Gasteiger partial charge in [0.1, 0.15) is 0 Å². The Morgan fingerprint density at radius 1 is 1.04 bits per heavy atom. The van der Waals surface area contributed by atoms with Crippen molar-refractivity contribution in [3.05, 3.63) is 35.4 Å². The number of hydrogen-bond donors (Lipinski definition) is 0. The predicted molar refractivity (Wildman–Crippen MR) is 112 cm³/mol. The molecule has 154 valence electrons. The van der Waals surface area contributed by atoms with E-state index in [0.29, 0.717) is 19.0 Å². The number of nitrogens with zero attached hydrogens (tertiary/aromatic N) is 3. The van der Waals surface area contributed by atoms with Crippen molar-refractivity contribution in [2.45, 2.75) is 52.5 Å². The first-order valence-corrected chi connectivity index (χ1v) is 10.9. The Morgan fingerprint density at radius 3 is 2.21 bits per heavy atom. The molecular weight excluding hydrogens is 350 g/mol. The van der Waals surface area contributed by atoms with Crippen LogP contribution in [0.25, 0.3) is 0 Å². The molecule has 1 atom stereocenters. The van der Waals surface area contributed by atoms with Crippen LogP contribution in [0.4, 0.5) is 0 Å². The molecule has 0 radical (unpaired) electrons. The third kappa shape index (κ3) is 4.40. The minimum absolute atomic E-state index is 0.0156. The van der Waals surface area contributed by atoms with Crippen molar-refractivity contribution in [2.24, 2.45) is 5.92 Å². The van der Waals surface area contributed by atoms with Gasteiger partial charge in [-0.15, -0.1) is 0 Å². The molecule has 2 amide bonds. The van der Waals surface area contributed by atoms with Crippen molar-refractivity contribution in [2.75, 3.05) is 39.3 Å². The number of benzene rings is 1. The summed E-state index contributed by atoms with van der Waals surface area (Å²) in [7, 11) is 0. The van der Waals surface area contributed by atoms with Crippen LogP contribution in [0.2, 0.25) is 0 Å². The molecule has 5 heteroatoms. The molecule has 0 N–H and O–H groups in total. The van der Waals surface area contributed by atoms with Gasteiger partial charge in [0.05, 0.1) is 6.04 Å². The topological polar surface area (TPSA) is 43.9 Å². The highest BCUT2D eigenvalue weighted by Gasteiger charge is 2.38. The summed E-state index contributed by atoms with van der Waals surface area (Å²) in [5.41, 5.74) is 1.82. The molecule has 0 unspecified atom stereocenters. The number of amides is 2. The smallest absolute Gasteiger partial charge is 0.254 e. The molecule has 1 saturated heterocycles. The fraction of sp³-hybridized carbons (Fsp3) is 0.652. The second-order valence-corrected chi connectivity index (χ2v) is 8.14. The molecule has 1 heterocycles. The van der Waals surface area contributed by atoms with Gasteiger partial charge in [-0.05, 0) is 51.2 Å². The maximum atomic E-state index is 13.3. The van der Waals surface area contributed by atoms with Crippen LogP contribution in [-0.2, 0) is 4.79 Å². The third-order valence-corrected chi connectivity index (χ3v) is 6.54. The SMILES string of the molecule is CCN(CC)C(=O)[C@H](C1CCCC1)N1CCN(C(=O)c2ccccc2C)CC1. The van der Waals surface area contributed by atoms with E-state index in [1.165, 1.54) is 12.8 Å². The number of rotatable bonds is 6. The van der Waals surface area contributed by atoms with Crippen LogP contribution in [-0.4, -0.2) is 71.8 Å². The highest BCUT2D eigenvalue weighted by molar-refractivity contribution is 5.95. The first-order chi connectivity index (χ1) is 13.6. The summed E-state index contributed by atoms with van der Waals surface area (Å²) in [5, 5.41) is 0. The molecule has 3 rings (SSSR count). The quantitative estimate of drug-likeness (QED) is 0.755. The summed E-state index contributed by atoms with van der Waals surface area (Å²) in [4.78, 5) is 32.5. The highest BCUT2D eigenvalue weighted by Crippen LogP contribution is 2.32. The van der Waals surface area contributed by atoms with Gasteiger partial charge in [-0.25, -0.2) is 0 Å². The zero-order chi connectivity index (χ0) is 20.1. The molecule has 0 bridgehead atoms. The van der Waals surface area contributed by atoms with Crippen LogP contribution in [0.1, 0.15) is 55.5 Å². The first kappa shape index (κ1) is 20.8. The lowest BCUT2D eigenvalue weighted by Gasteiger charge is -2.42. The molecule has 1 aliphatic heterocycles. The number of carbonyl (C=O) groups is 2. The largest absolute Gasteiger partial charge is 0.342 e. The van der Waals surface area contributed by atoms with E-state index >= 15 is 0 Å². The molecule has 1 aliphatic carbocycles. The Morgan fingerprint density at radius 2 is 1.64 bits per heavy atom. The van der Waals surface area contributed by atoms with Gasteiger partial charge < -0.3 is 9.80 Å². The van der Waals surface area contributed by atoms with E-state index in [4.69, 9.17) is 0 Å². The number of carbonyl (C=O) groups excluding carboxylic acids is 2. The zero-order valence-electron chi connectivity index (χ0n) is 17.7. The third-order valence-electron chi connectivity index (χ3n) is 6.54. The number of hydrogen-bond acceptors (Lipinski definition) is 3. The van der Waals surface area contributed by atoms with Gasteiger partial charge in [0.15, 0.2) is 0 Å². The van der Waals surface area contributed by atoms with E-state index in [1.807, 2.05) is 41.0 Å². The van der Waals surface area contributed by atoms with E-state index in [2.05, 4.69) is 18.7 Å². The van der Waals surface area contributed by atoms with Gasteiger partial charge in [0.2, 0.25) is 5.91 Å². The first-order valence-electron chi connectivity index (χ1n) is 10.9. The summed E-state index contributed by atoms with van der Waals surface area (Å²) in [5.74, 6) is 0.868. The zero-order valence-corrected chi connectivity index (χ0v) is 17.7. The molecule has 5 nitrogen and oxygen atoms in total. The van der Waals surface area contributed by atoms with E-state index in [1.54, 1.807) is 0 Å². The summed E-state index contributed by atoms with van der Waals surface area (Å²) >= 11 is 0. The van der Waals surface area contributed by atoms with Crippen molar-refractivity contribution in [3.63, 3.8) is 0 Å². The van der Waals surface area contributed by atoms with Crippen molar-refractivity contribution in [3.8, 4) is 0 Å². The molecule has 0 aromatic heterocycles. The van der Waals surface area contributed by atoms with E-state index in [9.17, 15) is 9.59 Å². The normalized spacial score (nSPS) is 19.6. The minimum atomic E-state index is -0.0156. The average molecular weight is 386 g/mol. The Bertz CT molecular complexity index is 672. The maximum absolute atomic E-state index is 13.3. The molecule has 2 aliphatic rings. The van der Waals surface area contributed by atoms with Crippen molar-refractivity contribution < 1.29 is 9.59 Å². The van der Waals surface area contributed by atoms with E-state index in [-0.39, 0.29) is 17.9 Å². The van der Waals surface area contributed by atoms with Crippen molar-refractivity contribution in [1.82, 2.24) is 14.7 Å². The Hall–Kier alpha value is -1.88. The second-order valence-electron chi connectivity index (χ2n) is 8.14. The van der Waals surface area contributed by atoms with Gasteiger partial charge in [0, 0.05) is 44.8 Å². The van der Waals surface area contributed by atoms with E-state index in [0.717, 1.165) is 50.1 Å². The van der Waals surface area contributed by atoms with Gasteiger partial charge in [-0.3, -0.25) is 14.5 Å². The molecule has 0 spiro atoms. The van der Waals surface area contributed by atoms with E-state index < -0.39 is 0 Å². The lowest BCUT2D eigenvalue weighted by Crippen LogP contribution is -2.58. The predicted octanol–water partition coefficient (Wildman–Crippen LogP) is 3.18. The summed E-state index contributed by atoms with van der Waals surface area (Å²) < 4.78 is 0. The van der Waals surface area contributed by atoms with Crippen LogP contribution in [0.5, 0.6) is 0 Å². The van der Waals surface area contributed by atoms with Crippen molar-refractivity contribution in [1.29, 1.82) is 0 Å². The summed E-state index contributed by atoms with van der Waals surface area (Å²) in [6, 6.07) is 7.78. The standard InChI is InChI=1S/C23H35N3O2/c1-4-24(5-2)23(28)21(19-11-7-8-12-19)25-14-16-26(17-15-25)22(27)20-13-9-6-10-18(20)3/h6,9-10,13,19,21H,4-5,7-8,11-12,14-17H2,1-3H3/t21-/m0/s1. The highest BCUT2D eigenvalue weighted by atomic mass is 16.2. The Kier molecular flexibility index (Phi) is 7.11. The fourth-order valence-corrected chi connectivity index (χ4v) is 4.84. The molecule has 1 aromatic carbocycles. The fourth-order valence-electron chi connectivity index (χ4n) is 4.84. The summed E-state index contributed by atoms with van der Waals surface area (Å²) in [6.45, 7) is 10.6. The van der Waals surface area contributed by atoms with Crippen molar-refractivity contribution >= 4 is 11.8 Å². The van der Waals surface area contributed by atoms with Gasteiger partial charge in [0.25, 0.3) is 5.91 Å². The lowest BCUT2D eigenvalue weighted by molar-refractivity contribution is -0.139. The van der Waals surface area contributed by atoms with Crippen LogP contribution in [0.3, 0.4) is 0 Å². The molecule has 1 aromatic rings. The van der Waals surface area contributed by atoms with Gasteiger partial charge >= 0.3 is 0 Å². The van der Waals surface area contributed by atoms with Gasteiger partial charge in [-0.2, -0.15) is 0 Å². The van der Waals surface area contributed by atoms with Crippen LogP contribution in [0, 0.1) is 12.8 Å². The van der Waals surface area contributed by atoms with Crippen LogP contribution >= 0.6 is 0 Å². The van der Waals surface area contributed by atoms with Crippen LogP contribution < -0.4 is 0 Å².